The second-order valence-electron chi connectivity index (χ2n) is 7.51. The average Bonchev–Trinajstić information content (AvgIpc) is 2.85. The van der Waals surface area contributed by atoms with E-state index in [1.54, 1.807) is 13.8 Å². The molecule has 2 N–H and O–H groups in total. The number of carbonyl (C=O) groups excluding carboxylic acids is 2. The van der Waals surface area contributed by atoms with Gasteiger partial charge in [0.05, 0.1) is 18.0 Å². The molecule has 3 rings (SSSR count). The number of sulfonamides is 1. The number of carbonyl (C=O) groups is 2. The Morgan fingerprint density at radius 1 is 0.882 bits per heavy atom. The fourth-order valence-corrected chi connectivity index (χ4v) is 4.96. The Bertz CT molecular complexity index is 1260. The summed E-state index contributed by atoms with van der Waals surface area (Å²) in [6, 6.07) is 19.5. The summed E-state index contributed by atoms with van der Waals surface area (Å²) in [4.78, 5) is 24.6. The van der Waals surface area contributed by atoms with Crippen molar-refractivity contribution in [3.8, 4) is 5.75 Å². The topological polar surface area (TPSA) is 105 Å². The molecule has 0 spiro atoms. The number of rotatable bonds is 11. The van der Waals surface area contributed by atoms with Gasteiger partial charge in [0, 0.05) is 18.7 Å². The number of fused-ring (bicyclic) bond motifs is 1. The van der Waals surface area contributed by atoms with Gasteiger partial charge in [0.1, 0.15) is 12.4 Å². The number of hydrogen-bond acceptors (Lipinski definition) is 5. The van der Waals surface area contributed by atoms with Crippen LogP contribution in [0.3, 0.4) is 0 Å². The Hall–Kier alpha value is -3.43. The summed E-state index contributed by atoms with van der Waals surface area (Å²) < 4.78 is 32.3. The molecule has 0 atom stereocenters. The predicted octanol–water partition coefficient (Wildman–Crippen LogP) is 2.80. The minimum Gasteiger partial charge on any atom is -0.492 e. The van der Waals surface area contributed by atoms with E-state index in [0.717, 1.165) is 10.8 Å². The van der Waals surface area contributed by atoms with Crippen molar-refractivity contribution in [2.75, 3.05) is 32.8 Å². The van der Waals surface area contributed by atoms with Crippen molar-refractivity contribution in [1.82, 2.24) is 14.9 Å². The van der Waals surface area contributed by atoms with Crippen molar-refractivity contribution in [1.29, 1.82) is 0 Å². The summed E-state index contributed by atoms with van der Waals surface area (Å²) in [7, 11) is -3.68. The Kier molecular flexibility index (Phi) is 8.61. The highest BCUT2D eigenvalue weighted by Crippen LogP contribution is 2.20. The quantitative estimate of drug-likeness (QED) is 0.408. The highest BCUT2D eigenvalue weighted by molar-refractivity contribution is 7.89. The van der Waals surface area contributed by atoms with E-state index >= 15 is 0 Å². The molecule has 0 fully saturated rings. The molecular formula is C25H29N3O5S. The van der Waals surface area contributed by atoms with Crippen LogP contribution in [-0.2, 0) is 14.8 Å². The van der Waals surface area contributed by atoms with Crippen LogP contribution < -0.4 is 15.4 Å². The molecule has 0 aromatic heterocycles. The molecule has 180 valence electrons. The molecule has 3 aromatic carbocycles. The second kappa shape index (κ2) is 11.6. The summed E-state index contributed by atoms with van der Waals surface area (Å²) in [5.74, 6) is -0.192. The van der Waals surface area contributed by atoms with Crippen molar-refractivity contribution >= 4 is 32.6 Å². The molecule has 0 saturated heterocycles. The molecule has 0 aliphatic carbocycles. The van der Waals surface area contributed by atoms with E-state index < -0.39 is 15.9 Å². The van der Waals surface area contributed by atoms with Gasteiger partial charge in [-0.3, -0.25) is 9.59 Å². The van der Waals surface area contributed by atoms with Crippen molar-refractivity contribution in [3.05, 3.63) is 72.3 Å². The van der Waals surface area contributed by atoms with E-state index in [-0.39, 0.29) is 36.1 Å². The van der Waals surface area contributed by atoms with Gasteiger partial charge in [-0.1, -0.05) is 50.2 Å². The predicted molar refractivity (Wildman–Crippen MR) is 131 cm³/mol. The third-order valence-electron chi connectivity index (χ3n) is 5.26. The number of ether oxygens (including phenoxy) is 1. The van der Waals surface area contributed by atoms with Crippen LogP contribution in [0, 0.1) is 0 Å². The average molecular weight is 484 g/mol. The molecule has 8 nitrogen and oxygen atoms in total. The van der Waals surface area contributed by atoms with E-state index in [0.29, 0.717) is 18.8 Å². The van der Waals surface area contributed by atoms with Gasteiger partial charge in [-0.05, 0) is 41.1 Å². The Balaban J connectivity index is 1.46. The molecule has 0 saturated carbocycles. The standard InChI is InChI=1S/C25H29N3O5S/c1-3-28(4-2)34(31,32)23-11-7-10-21(17-23)25(30)27-18-24(29)26-14-15-33-22-13-12-19-8-5-6-9-20(19)16-22/h5-13,16-17H,3-4,14-15,18H2,1-2H3,(H,26,29)(H,27,30). The molecule has 0 radical (unpaired) electrons. The third kappa shape index (κ3) is 6.33. The number of amides is 2. The number of nitrogens with zero attached hydrogens (tertiary/aromatic N) is 1. The lowest BCUT2D eigenvalue weighted by molar-refractivity contribution is -0.120. The van der Waals surface area contributed by atoms with Crippen LogP contribution in [0.4, 0.5) is 0 Å². The summed E-state index contributed by atoms with van der Waals surface area (Å²) in [5, 5.41) is 7.39. The fourth-order valence-electron chi connectivity index (χ4n) is 3.45. The van der Waals surface area contributed by atoms with Crippen molar-refractivity contribution < 1.29 is 22.7 Å². The summed E-state index contributed by atoms with van der Waals surface area (Å²) in [5.41, 5.74) is 0.167. The molecule has 9 heteroatoms. The van der Waals surface area contributed by atoms with Crippen molar-refractivity contribution in [2.24, 2.45) is 0 Å². The van der Waals surface area contributed by atoms with Gasteiger partial charge in [-0.2, -0.15) is 4.31 Å². The third-order valence-corrected chi connectivity index (χ3v) is 7.31. The van der Waals surface area contributed by atoms with Gasteiger partial charge < -0.3 is 15.4 Å². The van der Waals surface area contributed by atoms with Crippen LogP contribution in [0.15, 0.2) is 71.6 Å². The monoisotopic (exact) mass is 483 g/mol. The van der Waals surface area contributed by atoms with Gasteiger partial charge in [0.2, 0.25) is 15.9 Å². The highest BCUT2D eigenvalue weighted by atomic mass is 32.2. The molecule has 0 aliphatic heterocycles. The minimum absolute atomic E-state index is 0.0409. The lowest BCUT2D eigenvalue weighted by Gasteiger charge is -2.18. The lowest BCUT2D eigenvalue weighted by Crippen LogP contribution is -2.38. The van der Waals surface area contributed by atoms with Gasteiger partial charge in [-0.25, -0.2) is 8.42 Å². The second-order valence-corrected chi connectivity index (χ2v) is 9.45. The number of nitrogens with one attached hydrogen (secondary N) is 2. The molecule has 0 aliphatic rings. The van der Waals surface area contributed by atoms with Crippen molar-refractivity contribution in [3.63, 3.8) is 0 Å². The normalized spacial score (nSPS) is 11.4. The van der Waals surface area contributed by atoms with E-state index in [4.69, 9.17) is 4.74 Å². The first-order valence-corrected chi connectivity index (χ1v) is 12.6. The summed E-state index contributed by atoms with van der Waals surface area (Å²) in [6.07, 6.45) is 0. The van der Waals surface area contributed by atoms with Crippen molar-refractivity contribution in [2.45, 2.75) is 18.7 Å². The molecule has 0 bridgehead atoms. The first-order chi connectivity index (χ1) is 16.3. The fraction of sp³-hybridized carbons (Fsp3) is 0.280. The zero-order chi connectivity index (χ0) is 24.6. The van der Waals surface area contributed by atoms with E-state index in [1.165, 1.54) is 28.6 Å². The summed E-state index contributed by atoms with van der Waals surface area (Å²) in [6.45, 7) is 4.50. The Labute approximate surface area is 200 Å². The van der Waals surface area contributed by atoms with Crippen LogP contribution in [0.2, 0.25) is 0 Å². The van der Waals surface area contributed by atoms with Crippen LogP contribution in [0.1, 0.15) is 24.2 Å². The molecule has 0 heterocycles. The first-order valence-electron chi connectivity index (χ1n) is 11.1. The zero-order valence-corrected chi connectivity index (χ0v) is 20.1. The van der Waals surface area contributed by atoms with Crippen LogP contribution in [0.25, 0.3) is 10.8 Å². The maximum atomic E-state index is 12.7. The smallest absolute Gasteiger partial charge is 0.251 e. The van der Waals surface area contributed by atoms with Gasteiger partial charge in [-0.15, -0.1) is 0 Å². The Morgan fingerprint density at radius 3 is 2.35 bits per heavy atom. The van der Waals surface area contributed by atoms with Gasteiger partial charge >= 0.3 is 0 Å². The van der Waals surface area contributed by atoms with Crippen LogP contribution >= 0.6 is 0 Å². The first kappa shape index (κ1) is 25.2. The maximum absolute atomic E-state index is 12.7. The van der Waals surface area contributed by atoms with Gasteiger partial charge in [0.15, 0.2) is 0 Å². The highest BCUT2D eigenvalue weighted by Gasteiger charge is 2.22. The summed E-state index contributed by atoms with van der Waals surface area (Å²) >= 11 is 0. The van der Waals surface area contributed by atoms with Gasteiger partial charge in [0.25, 0.3) is 5.91 Å². The van der Waals surface area contributed by atoms with E-state index in [9.17, 15) is 18.0 Å². The molecule has 34 heavy (non-hydrogen) atoms. The van der Waals surface area contributed by atoms with E-state index in [1.807, 2.05) is 42.5 Å². The Morgan fingerprint density at radius 2 is 1.62 bits per heavy atom. The van der Waals surface area contributed by atoms with E-state index in [2.05, 4.69) is 10.6 Å². The zero-order valence-electron chi connectivity index (χ0n) is 19.3. The van der Waals surface area contributed by atoms with Crippen LogP contribution in [-0.4, -0.2) is 57.3 Å². The number of benzene rings is 3. The molecular weight excluding hydrogens is 454 g/mol. The van der Waals surface area contributed by atoms with Crippen LogP contribution in [0.5, 0.6) is 5.75 Å². The maximum Gasteiger partial charge on any atom is 0.251 e. The molecule has 0 unspecified atom stereocenters. The molecule has 2 amide bonds. The largest absolute Gasteiger partial charge is 0.492 e. The SMILES string of the molecule is CCN(CC)S(=O)(=O)c1cccc(C(=O)NCC(=O)NCCOc2ccc3ccccc3c2)c1. The molecule has 3 aromatic rings. The minimum atomic E-state index is -3.68. The number of hydrogen-bond donors (Lipinski definition) is 2. The lowest BCUT2D eigenvalue weighted by atomic mass is 10.1.